The summed E-state index contributed by atoms with van der Waals surface area (Å²) in [6.45, 7) is -0.158. The molecular weight excluding hydrogens is 361 g/mol. The number of alkyl halides is 1. The number of amides is 1. The highest BCUT2D eigenvalue weighted by Gasteiger charge is 2.42. The van der Waals surface area contributed by atoms with Gasteiger partial charge in [0.2, 0.25) is 11.8 Å². The van der Waals surface area contributed by atoms with E-state index in [0.29, 0.717) is 11.9 Å². The first-order valence-electron chi connectivity index (χ1n) is 8.39. The number of halogens is 3. The Bertz CT molecular complexity index is 796. The average Bonchev–Trinajstić information content (AvgIpc) is 3.05. The van der Waals surface area contributed by atoms with Gasteiger partial charge in [0.05, 0.1) is 20.3 Å². The fourth-order valence-corrected chi connectivity index (χ4v) is 3.00. The van der Waals surface area contributed by atoms with Crippen LogP contribution in [0.2, 0.25) is 0 Å². The molecule has 1 saturated heterocycles. The first-order valence-corrected chi connectivity index (χ1v) is 8.39. The van der Waals surface area contributed by atoms with Crippen LogP contribution >= 0.6 is 0 Å². The van der Waals surface area contributed by atoms with Crippen molar-refractivity contribution in [3.63, 3.8) is 0 Å². The van der Waals surface area contributed by atoms with Crippen molar-refractivity contribution in [1.29, 1.82) is 0 Å². The second kappa shape index (κ2) is 7.96. The largest absolute Gasteiger partial charge is 0.481 e. The van der Waals surface area contributed by atoms with Crippen molar-refractivity contribution in [2.45, 2.75) is 18.7 Å². The summed E-state index contributed by atoms with van der Waals surface area (Å²) in [5.41, 5.74) is -1.31. The number of ether oxygens (including phenoxy) is 2. The normalized spacial score (nSPS) is 19.3. The molecule has 5 nitrogen and oxygen atoms in total. The molecule has 0 aliphatic carbocycles. The van der Waals surface area contributed by atoms with Crippen molar-refractivity contribution in [3.05, 3.63) is 59.3 Å². The molecule has 1 aromatic carbocycles. The van der Waals surface area contributed by atoms with Gasteiger partial charge in [-0.2, -0.15) is 0 Å². The molecule has 3 rings (SSSR count). The summed E-state index contributed by atoms with van der Waals surface area (Å²) in [7, 11) is 1.51. The van der Waals surface area contributed by atoms with Gasteiger partial charge in [0.25, 0.3) is 0 Å². The Morgan fingerprint density at radius 1 is 1.26 bits per heavy atom. The molecule has 1 unspecified atom stereocenters. The highest BCUT2D eigenvalue weighted by atomic mass is 19.1. The number of likely N-dealkylation sites (tertiary alicyclic amines) is 1. The zero-order valence-electron chi connectivity index (χ0n) is 14.8. The van der Waals surface area contributed by atoms with Gasteiger partial charge in [-0.15, -0.1) is 0 Å². The molecule has 0 saturated carbocycles. The van der Waals surface area contributed by atoms with Crippen LogP contribution in [0.25, 0.3) is 0 Å². The third kappa shape index (κ3) is 4.57. The molecule has 1 aliphatic rings. The Morgan fingerprint density at radius 2 is 2.00 bits per heavy atom. The van der Waals surface area contributed by atoms with E-state index in [1.165, 1.54) is 12.0 Å². The summed E-state index contributed by atoms with van der Waals surface area (Å²) in [6.07, 6.45) is 1.55. The van der Waals surface area contributed by atoms with Crippen molar-refractivity contribution >= 4 is 5.91 Å². The lowest BCUT2D eigenvalue weighted by atomic mass is 9.95. The molecule has 1 amide bonds. The van der Waals surface area contributed by atoms with Crippen molar-refractivity contribution in [2.24, 2.45) is 0 Å². The molecule has 0 radical (unpaired) electrons. The predicted molar refractivity (Wildman–Crippen MR) is 90.8 cm³/mol. The number of aromatic nitrogens is 1. The third-order valence-corrected chi connectivity index (χ3v) is 4.45. The highest BCUT2D eigenvalue weighted by Crippen LogP contribution is 2.36. The standard InChI is InChI=1S/C19H19F3N2O3/c1-26-17-3-2-13(9-23-17)10-27-11-18(25)24-5-4-19(22,12-24)14-6-15(20)8-16(21)7-14/h2-3,6-9H,4-5,10-12H2,1H3. The first kappa shape index (κ1) is 19.2. The van der Waals surface area contributed by atoms with Crippen molar-refractivity contribution in [1.82, 2.24) is 9.88 Å². The van der Waals surface area contributed by atoms with Gasteiger partial charge in [-0.1, -0.05) is 0 Å². The SMILES string of the molecule is COc1ccc(COCC(=O)N2CCC(F)(c3cc(F)cc(F)c3)C2)cn1. The fourth-order valence-electron chi connectivity index (χ4n) is 3.00. The molecular formula is C19H19F3N2O3. The minimum atomic E-state index is -1.97. The number of hydrogen-bond acceptors (Lipinski definition) is 4. The van der Waals surface area contributed by atoms with Gasteiger partial charge in [-0.3, -0.25) is 4.79 Å². The number of carbonyl (C=O) groups excluding carboxylic acids is 1. The maximum absolute atomic E-state index is 15.1. The van der Waals surface area contributed by atoms with E-state index in [-0.39, 0.29) is 44.2 Å². The van der Waals surface area contributed by atoms with E-state index in [1.54, 1.807) is 18.3 Å². The van der Waals surface area contributed by atoms with E-state index in [0.717, 1.165) is 17.7 Å². The summed E-state index contributed by atoms with van der Waals surface area (Å²) in [5, 5.41) is 0. The van der Waals surface area contributed by atoms with Gasteiger partial charge in [-0.05, 0) is 29.3 Å². The fraction of sp³-hybridized carbons (Fsp3) is 0.368. The molecule has 1 fully saturated rings. The van der Waals surface area contributed by atoms with Crippen LogP contribution in [0.3, 0.4) is 0 Å². The molecule has 1 atom stereocenters. The smallest absolute Gasteiger partial charge is 0.248 e. The topological polar surface area (TPSA) is 51.7 Å². The number of pyridine rings is 1. The third-order valence-electron chi connectivity index (χ3n) is 4.45. The summed E-state index contributed by atoms with van der Waals surface area (Å²) in [4.78, 5) is 17.6. The Hall–Kier alpha value is -2.61. The van der Waals surface area contributed by atoms with Crippen LogP contribution in [-0.4, -0.2) is 42.6 Å². The number of carbonyl (C=O) groups is 1. The van der Waals surface area contributed by atoms with Gasteiger partial charge in [0.15, 0.2) is 5.67 Å². The lowest BCUT2D eigenvalue weighted by Gasteiger charge is -2.21. The summed E-state index contributed by atoms with van der Waals surface area (Å²) in [6, 6.07) is 6.05. The van der Waals surface area contributed by atoms with Gasteiger partial charge in [-0.25, -0.2) is 18.2 Å². The van der Waals surface area contributed by atoms with Crippen LogP contribution in [0.15, 0.2) is 36.5 Å². The van der Waals surface area contributed by atoms with Crippen LogP contribution in [0, 0.1) is 11.6 Å². The van der Waals surface area contributed by atoms with Gasteiger partial charge >= 0.3 is 0 Å². The van der Waals surface area contributed by atoms with E-state index in [4.69, 9.17) is 9.47 Å². The zero-order valence-corrected chi connectivity index (χ0v) is 14.8. The Morgan fingerprint density at radius 3 is 2.63 bits per heavy atom. The maximum atomic E-state index is 15.1. The molecule has 144 valence electrons. The summed E-state index contributed by atoms with van der Waals surface area (Å²) in [5.74, 6) is -1.60. The van der Waals surface area contributed by atoms with Crippen molar-refractivity contribution in [3.8, 4) is 5.88 Å². The summed E-state index contributed by atoms with van der Waals surface area (Å²) >= 11 is 0. The number of methoxy groups -OCH3 is 1. The highest BCUT2D eigenvalue weighted by molar-refractivity contribution is 5.78. The van der Waals surface area contributed by atoms with Crippen molar-refractivity contribution < 1.29 is 27.4 Å². The molecule has 0 spiro atoms. The number of rotatable bonds is 6. The predicted octanol–water partition coefficient (Wildman–Crippen LogP) is 2.98. The second-order valence-corrected chi connectivity index (χ2v) is 6.39. The monoisotopic (exact) mass is 380 g/mol. The molecule has 2 aromatic rings. The van der Waals surface area contributed by atoms with Gasteiger partial charge in [0, 0.05) is 31.3 Å². The Kier molecular flexibility index (Phi) is 5.65. The van der Waals surface area contributed by atoms with Crippen LogP contribution in [-0.2, 0) is 21.8 Å². The lowest BCUT2D eigenvalue weighted by Crippen LogP contribution is -2.34. The maximum Gasteiger partial charge on any atom is 0.248 e. The molecule has 27 heavy (non-hydrogen) atoms. The van der Waals surface area contributed by atoms with Crippen LogP contribution in [0.5, 0.6) is 5.88 Å². The average molecular weight is 380 g/mol. The Balaban J connectivity index is 1.53. The van der Waals surface area contributed by atoms with E-state index in [9.17, 15) is 13.6 Å². The van der Waals surface area contributed by atoms with Crippen LogP contribution in [0.4, 0.5) is 13.2 Å². The van der Waals surface area contributed by atoms with E-state index in [2.05, 4.69) is 4.98 Å². The second-order valence-electron chi connectivity index (χ2n) is 6.39. The number of hydrogen-bond donors (Lipinski definition) is 0. The minimum absolute atomic E-state index is 0.0238. The quantitative estimate of drug-likeness (QED) is 0.773. The van der Waals surface area contributed by atoms with Crippen molar-refractivity contribution in [2.75, 3.05) is 26.8 Å². The Labute approximate surface area is 154 Å². The number of nitrogens with zero attached hydrogens (tertiary/aromatic N) is 2. The molecule has 0 N–H and O–H groups in total. The zero-order chi connectivity index (χ0) is 19.4. The van der Waals surface area contributed by atoms with Crippen LogP contribution < -0.4 is 4.74 Å². The molecule has 1 aromatic heterocycles. The van der Waals surface area contributed by atoms with E-state index >= 15 is 4.39 Å². The van der Waals surface area contributed by atoms with E-state index in [1.807, 2.05) is 0 Å². The minimum Gasteiger partial charge on any atom is -0.481 e. The van der Waals surface area contributed by atoms with E-state index < -0.39 is 17.3 Å². The molecule has 8 heteroatoms. The van der Waals surface area contributed by atoms with Gasteiger partial charge < -0.3 is 14.4 Å². The molecule has 2 heterocycles. The molecule has 1 aliphatic heterocycles. The first-order chi connectivity index (χ1) is 12.9. The van der Waals surface area contributed by atoms with Crippen LogP contribution in [0.1, 0.15) is 17.5 Å². The molecule has 0 bridgehead atoms. The summed E-state index contributed by atoms with van der Waals surface area (Å²) < 4.78 is 52.1. The van der Waals surface area contributed by atoms with Gasteiger partial charge in [0.1, 0.15) is 18.2 Å². The lowest BCUT2D eigenvalue weighted by molar-refractivity contribution is -0.136. The number of benzene rings is 1.